The molecule has 0 heterocycles. The normalized spacial score (nSPS) is 15.8. The number of hydrogen-bond donors (Lipinski definition) is 0. The van der Waals surface area contributed by atoms with Crippen LogP contribution in [0.25, 0.3) is 0 Å². The Kier molecular flexibility index (Phi) is 14.3. The average molecular weight is 891 g/mol. The zero-order chi connectivity index (χ0) is 44.0. The van der Waals surface area contributed by atoms with Crippen molar-refractivity contribution in [2.45, 2.75) is 110 Å². The highest BCUT2D eigenvalue weighted by molar-refractivity contribution is 7.82. The molecule has 0 amide bonds. The van der Waals surface area contributed by atoms with E-state index in [1.165, 1.54) is 0 Å². The Morgan fingerprint density at radius 1 is 0.309 bits per heavy atom. The Bertz CT molecular complexity index is 1250. The predicted molar refractivity (Wildman–Crippen MR) is 138 cm³/mol. The molecule has 0 nitrogen and oxygen atoms in total. The molecule has 1 aromatic carbocycles. The first-order valence-electron chi connectivity index (χ1n) is 14.5. The SMILES string of the molecule is FC(F)(F)C(F)(F)C(F)(F)C(F)(F)CCC[P+](CCCC(F)(F)C(F)(F)C(F)(F)C(F)(F)F)(CCCC(F)(F)C(F)(F)C(F)(F)C(F)(F)F)c1ccccc1. The van der Waals surface area contributed by atoms with E-state index < -0.39 is 141 Å². The fraction of sp³-hybridized carbons (Fsp3) is 0.778. The Morgan fingerprint density at radius 3 is 0.727 bits per heavy atom. The quantitative estimate of drug-likeness (QED) is 0.0959. The first-order chi connectivity index (χ1) is 24.0. The minimum absolute atomic E-state index is 0.586. The number of halogens is 27. The highest BCUT2D eigenvalue weighted by Gasteiger charge is 2.83. The number of alkyl halides is 27. The third-order valence-corrected chi connectivity index (χ3v) is 13.1. The van der Waals surface area contributed by atoms with Crippen LogP contribution in [0.1, 0.15) is 38.5 Å². The van der Waals surface area contributed by atoms with E-state index in [4.69, 9.17) is 0 Å². The number of rotatable bonds is 19. The van der Waals surface area contributed by atoms with E-state index in [-0.39, 0.29) is 0 Å². The van der Waals surface area contributed by atoms with E-state index >= 15 is 0 Å². The highest BCUT2D eigenvalue weighted by Crippen LogP contribution is 2.63. The molecule has 55 heavy (non-hydrogen) atoms. The fourth-order valence-corrected chi connectivity index (χ4v) is 9.51. The summed E-state index contributed by atoms with van der Waals surface area (Å²) in [5.41, 5.74) is 0. The van der Waals surface area contributed by atoms with Gasteiger partial charge in [0.15, 0.2) is 0 Å². The van der Waals surface area contributed by atoms with Gasteiger partial charge in [-0.25, -0.2) is 0 Å². The Morgan fingerprint density at radius 2 is 0.527 bits per heavy atom. The van der Waals surface area contributed by atoms with E-state index in [2.05, 4.69) is 0 Å². The van der Waals surface area contributed by atoms with Gasteiger partial charge in [-0.2, -0.15) is 119 Å². The standard InChI is InChI=1S/C27H23F27P/c28-16(29,19(34,35)22(40,41)25(46,47)48)9-4-12-55(15-7-2-1-3-8-15,13-5-10-17(30,31)20(36,37)23(42,43)26(49,50)51)14-6-11-18(32,33)21(38,39)24(44,45)27(52,53)54/h1-3,7-8H,4-6,9-14H2/q+1. The first-order valence-corrected chi connectivity index (χ1v) is 16.8. The van der Waals surface area contributed by atoms with Gasteiger partial charge in [-0.15, -0.1) is 0 Å². The maximum Gasteiger partial charge on any atom is 0.460 e. The van der Waals surface area contributed by atoms with Crippen LogP contribution >= 0.6 is 7.26 Å². The summed E-state index contributed by atoms with van der Waals surface area (Å²) in [7, 11) is -4.45. The minimum Gasteiger partial charge on any atom is -0.200 e. The lowest BCUT2D eigenvalue weighted by Crippen LogP contribution is -2.61. The Hall–Kier alpha value is -2.24. The summed E-state index contributed by atoms with van der Waals surface area (Å²) < 4.78 is 361. The topological polar surface area (TPSA) is 0 Å². The molecule has 0 saturated carbocycles. The molecule has 0 aliphatic carbocycles. The maximum atomic E-state index is 14.3. The fourth-order valence-electron chi connectivity index (χ4n) is 4.97. The molecule has 0 spiro atoms. The third kappa shape index (κ3) is 9.40. The summed E-state index contributed by atoms with van der Waals surface area (Å²) in [4.78, 5) is 0. The Balaban J connectivity index is 3.73. The summed E-state index contributed by atoms with van der Waals surface area (Å²) in [5, 5.41) is -0.586. The summed E-state index contributed by atoms with van der Waals surface area (Å²) >= 11 is 0. The van der Waals surface area contributed by atoms with Crippen molar-refractivity contribution in [2.75, 3.05) is 18.5 Å². The van der Waals surface area contributed by atoms with Crippen molar-refractivity contribution in [1.82, 2.24) is 0 Å². The van der Waals surface area contributed by atoms with Gasteiger partial charge in [0.25, 0.3) is 0 Å². The summed E-state index contributed by atoms with van der Waals surface area (Å²) in [6.07, 6.45) is -40.2. The predicted octanol–water partition coefficient (Wildman–Crippen LogP) is 13.1. The van der Waals surface area contributed by atoms with Crippen LogP contribution in [0, 0.1) is 0 Å². The van der Waals surface area contributed by atoms with Gasteiger partial charge in [-0.05, 0) is 31.4 Å². The largest absolute Gasteiger partial charge is 0.460 e. The van der Waals surface area contributed by atoms with Gasteiger partial charge in [0.1, 0.15) is 0 Å². The van der Waals surface area contributed by atoms with E-state index in [0.29, 0.717) is 0 Å². The number of benzene rings is 1. The van der Waals surface area contributed by atoms with Crippen molar-refractivity contribution in [1.29, 1.82) is 0 Å². The highest BCUT2D eigenvalue weighted by atomic mass is 31.2. The molecular weight excluding hydrogens is 868 g/mol. The first kappa shape index (κ1) is 50.8. The molecule has 28 heteroatoms. The van der Waals surface area contributed by atoms with E-state index in [0.717, 1.165) is 30.3 Å². The van der Waals surface area contributed by atoms with Crippen LogP contribution in [0.4, 0.5) is 119 Å². The van der Waals surface area contributed by atoms with E-state index in [1.54, 1.807) is 0 Å². The molecule has 0 bridgehead atoms. The molecule has 324 valence electrons. The molecule has 0 aliphatic rings. The van der Waals surface area contributed by atoms with Crippen molar-refractivity contribution in [3.63, 3.8) is 0 Å². The molecule has 0 fully saturated rings. The van der Waals surface area contributed by atoms with Crippen LogP contribution in [0.15, 0.2) is 30.3 Å². The van der Waals surface area contributed by atoms with Gasteiger partial charge in [0.05, 0.1) is 23.8 Å². The average Bonchev–Trinajstić information content (AvgIpc) is 2.98. The lowest BCUT2D eigenvalue weighted by Gasteiger charge is -2.36. The number of hydrogen-bond acceptors (Lipinski definition) is 0. The van der Waals surface area contributed by atoms with Crippen molar-refractivity contribution in [2.24, 2.45) is 0 Å². The molecule has 0 aliphatic heterocycles. The monoisotopic (exact) mass is 891 g/mol. The van der Waals surface area contributed by atoms with Crippen LogP contribution in [0.3, 0.4) is 0 Å². The molecule has 0 unspecified atom stereocenters. The van der Waals surface area contributed by atoms with E-state index in [1.807, 2.05) is 0 Å². The zero-order valence-electron chi connectivity index (χ0n) is 26.4. The van der Waals surface area contributed by atoms with Crippen molar-refractivity contribution < 1.29 is 119 Å². The van der Waals surface area contributed by atoms with Crippen molar-refractivity contribution >= 4 is 12.6 Å². The second-order valence-corrected chi connectivity index (χ2v) is 16.2. The summed E-state index contributed by atoms with van der Waals surface area (Å²) in [5.74, 6) is -63.5. The summed E-state index contributed by atoms with van der Waals surface area (Å²) in [6, 6.07) is 4.22. The van der Waals surface area contributed by atoms with Crippen molar-refractivity contribution in [3.8, 4) is 0 Å². The molecular formula is C27H23F27P+. The molecule has 0 N–H and O–H groups in total. The lowest BCUT2D eigenvalue weighted by molar-refractivity contribution is -0.396. The van der Waals surface area contributed by atoms with Crippen LogP contribution in [-0.4, -0.2) is 90.3 Å². The van der Waals surface area contributed by atoms with E-state index in [9.17, 15) is 119 Å². The van der Waals surface area contributed by atoms with Gasteiger partial charge in [-0.1, -0.05) is 18.2 Å². The molecule has 0 radical (unpaired) electrons. The van der Waals surface area contributed by atoms with Gasteiger partial charge in [0, 0.05) is 26.5 Å². The maximum absolute atomic E-state index is 14.3. The Labute approximate surface area is 291 Å². The van der Waals surface area contributed by atoms with Gasteiger partial charge < -0.3 is 0 Å². The van der Waals surface area contributed by atoms with Gasteiger partial charge >= 0.3 is 71.8 Å². The molecule has 0 saturated heterocycles. The molecule has 0 atom stereocenters. The zero-order valence-corrected chi connectivity index (χ0v) is 27.3. The second-order valence-electron chi connectivity index (χ2n) is 12.0. The second kappa shape index (κ2) is 15.5. The third-order valence-electron chi connectivity index (χ3n) is 8.16. The van der Waals surface area contributed by atoms with Crippen LogP contribution in [0.5, 0.6) is 0 Å². The lowest BCUT2D eigenvalue weighted by atomic mass is 10.00. The smallest absolute Gasteiger partial charge is 0.200 e. The van der Waals surface area contributed by atoms with Crippen LogP contribution in [-0.2, 0) is 0 Å². The minimum atomic E-state index is -7.47. The van der Waals surface area contributed by atoms with Crippen LogP contribution < -0.4 is 5.30 Å². The van der Waals surface area contributed by atoms with Gasteiger partial charge in [-0.3, -0.25) is 0 Å². The van der Waals surface area contributed by atoms with Crippen molar-refractivity contribution in [3.05, 3.63) is 30.3 Å². The molecule has 1 rings (SSSR count). The molecule has 1 aromatic rings. The molecule has 0 aromatic heterocycles. The van der Waals surface area contributed by atoms with Gasteiger partial charge in [0.2, 0.25) is 0 Å². The van der Waals surface area contributed by atoms with Crippen LogP contribution in [0.2, 0.25) is 0 Å². The summed E-state index contributed by atoms with van der Waals surface area (Å²) in [6.45, 7) is 0.